The highest BCUT2D eigenvalue weighted by Crippen LogP contribution is 2.36. The van der Waals surface area contributed by atoms with Crippen LogP contribution in [0.1, 0.15) is 28.6 Å². The van der Waals surface area contributed by atoms with Gasteiger partial charge in [0.1, 0.15) is 11.3 Å². The second-order valence-corrected chi connectivity index (χ2v) is 7.52. The molecule has 0 saturated carbocycles. The number of anilines is 1. The molecule has 6 nitrogen and oxygen atoms in total. The van der Waals surface area contributed by atoms with E-state index in [9.17, 15) is 0 Å². The van der Waals surface area contributed by atoms with E-state index in [1.807, 2.05) is 13.1 Å². The first kappa shape index (κ1) is 16.7. The van der Waals surface area contributed by atoms with Crippen LogP contribution in [0.25, 0.3) is 11.2 Å². The van der Waals surface area contributed by atoms with E-state index in [1.165, 1.54) is 22.4 Å². The standard InChI is InChI=1S/C21H25N5O/c1-14-23-20-17(4-6-22-21(20)24-14)19-13-16-3-2-15(12-18(16)25-19)5-7-26-8-10-27-11-9-26/h2-4,6,12,19,25H,5,7-11,13H2,1H3,(H,22,23,24). The van der Waals surface area contributed by atoms with Crippen LogP contribution in [0, 0.1) is 6.92 Å². The van der Waals surface area contributed by atoms with E-state index in [4.69, 9.17) is 4.74 Å². The quantitative estimate of drug-likeness (QED) is 0.746. The molecule has 4 heterocycles. The first-order valence-electron chi connectivity index (χ1n) is 9.76. The minimum absolute atomic E-state index is 0.252. The highest BCUT2D eigenvalue weighted by atomic mass is 16.5. The van der Waals surface area contributed by atoms with E-state index in [2.05, 4.69) is 49.4 Å². The van der Waals surface area contributed by atoms with Crippen molar-refractivity contribution in [2.45, 2.75) is 25.8 Å². The first-order valence-corrected chi connectivity index (χ1v) is 9.76. The fourth-order valence-electron chi connectivity index (χ4n) is 4.18. The van der Waals surface area contributed by atoms with Gasteiger partial charge in [-0.3, -0.25) is 4.90 Å². The Balaban J connectivity index is 1.32. The molecule has 0 bridgehead atoms. The zero-order chi connectivity index (χ0) is 18.2. The van der Waals surface area contributed by atoms with Crippen molar-refractivity contribution in [2.75, 3.05) is 38.2 Å². The number of fused-ring (bicyclic) bond motifs is 2. The predicted molar refractivity (Wildman–Crippen MR) is 106 cm³/mol. The number of aromatic amines is 1. The maximum Gasteiger partial charge on any atom is 0.157 e. The Morgan fingerprint density at radius 2 is 2.11 bits per heavy atom. The molecule has 2 aliphatic rings. The molecule has 1 atom stereocenters. The Morgan fingerprint density at radius 3 is 3.00 bits per heavy atom. The van der Waals surface area contributed by atoms with Crippen LogP contribution in [0.15, 0.2) is 30.5 Å². The number of benzene rings is 1. The average Bonchev–Trinajstić information content (AvgIpc) is 3.28. The van der Waals surface area contributed by atoms with Crippen molar-refractivity contribution in [1.29, 1.82) is 0 Å². The highest BCUT2D eigenvalue weighted by Gasteiger charge is 2.25. The molecule has 5 rings (SSSR count). The Bertz CT molecular complexity index is 960. The predicted octanol–water partition coefficient (Wildman–Crippen LogP) is 2.85. The first-order chi connectivity index (χ1) is 13.3. The smallest absolute Gasteiger partial charge is 0.157 e. The van der Waals surface area contributed by atoms with Crippen LogP contribution < -0.4 is 5.32 Å². The number of H-pyrrole nitrogens is 1. The molecule has 140 valence electrons. The Hall–Kier alpha value is -2.44. The Morgan fingerprint density at radius 1 is 1.22 bits per heavy atom. The summed E-state index contributed by atoms with van der Waals surface area (Å²) in [6, 6.07) is 9.23. The molecule has 0 spiro atoms. The number of hydrogen-bond acceptors (Lipinski definition) is 5. The maximum atomic E-state index is 5.43. The summed E-state index contributed by atoms with van der Waals surface area (Å²) in [6.45, 7) is 6.89. The third kappa shape index (κ3) is 3.31. The Kier molecular flexibility index (Phi) is 4.30. The molecular weight excluding hydrogens is 338 g/mol. The van der Waals surface area contributed by atoms with Gasteiger partial charge in [-0.15, -0.1) is 0 Å². The molecular formula is C21H25N5O. The van der Waals surface area contributed by atoms with Crippen LogP contribution in [-0.4, -0.2) is 52.7 Å². The minimum Gasteiger partial charge on any atom is -0.379 e. The molecule has 0 radical (unpaired) electrons. The summed E-state index contributed by atoms with van der Waals surface area (Å²) in [6.07, 6.45) is 3.94. The number of imidazole rings is 1. The summed E-state index contributed by atoms with van der Waals surface area (Å²) >= 11 is 0. The van der Waals surface area contributed by atoms with E-state index in [1.54, 1.807) is 0 Å². The molecule has 2 aromatic heterocycles. The average molecular weight is 363 g/mol. The van der Waals surface area contributed by atoms with E-state index in [0.717, 1.165) is 62.7 Å². The van der Waals surface area contributed by atoms with Crippen LogP contribution in [0.4, 0.5) is 5.69 Å². The van der Waals surface area contributed by atoms with Gasteiger partial charge in [0.2, 0.25) is 0 Å². The van der Waals surface area contributed by atoms with Crippen LogP contribution in [0.3, 0.4) is 0 Å². The normalized spacial score (nSPS) is 20.0. The summed E-state index contributed by atoms with van der Waals surface area (Å²) in [5.74, 6) is 0.908. The van der Waals surface area contributed by atoms with Crippen molar-refractivity contribution in [1.82, 2.24) is 19.9 Å². The van der Waals surface area contributed by atoms with E-state index < -0.39 is 0 Å². The molecule has 1 fully saturated rings. The lowest BCUT2D eigenvalue weighted by atomic mass is 10.0. The van der Waals surface area contributed by atoms with Gasteiger partial charge in [0.15, 0.2) is 5.65 Å². The van der Waals surface area contributed by atoms with E-state index >= 15 is 0 Å². The van der Waals surface area contributed by atoms with E-state index in [0.29, 0.717) is 0 Å². The van der Waals surface area contributed by atoms with Gasteiger partial charge in [-0.1, -0.05) is 12.1 Å². The second-order valence-electron chi connectivity index (χ2n) is 7.52. The number of nitrogens with one attached hydrogen (secondary N) is 2. The van der Waals surface area contributed by atoms with Crippen LogP contribution in [0.2, 0.25) is 0 Å². The molecule has 2 aliphatic heterocycles. The largest absolute Gasteiger partial charge is 0.379 e. The lowest BCUT2D eigenvalue weighted by Crippen LogP contribution is -2.37. The van der Waals surface area contributed by atoms with Crippen molar-refractivity contribution < 1.29 is 4.74 Å². The van der Waals surface area contributed by atoms with Crippen molar-refractivity contribution >= 4 is 16.9 Å². The molecule has 1 unspecified atom stereocenters. The number of rotatable bonds is 4. The summed E-state index contributed by atoms with van der Waals surface area (Å²) in [5.41, 5.74) is 7.10. The van der Waals surface area contributed by atoms with Gasteiger partial charge in [0, 0.05) is 37.1 Å². The minimum atomic E-state index is 0.252. The highest BCUT2D eigenvalue weighted by molar-refractivity contribution is 5.77. The topological polar surface area (TPSA) is 66.1 Å². The van der Waals surface area contributed by atoms with E-state index in [-0.39, 0.29) is 6.04 Å². The molecule has 3 aromatic rings. The molecule has 0 amide bonds. The number of aryl methyl sites for hydroxylation is 1. The third-order valence-corrected chi connectivity index (χ3v) is 5.66. The van der Waals surface area contributed by atoms with Crippen LogP contribution in [0.5, 0.6) is 0 Å². The van der Waals surface area contributed by atoms with Gasteiger partial charge < -0.3 is 15.0 Å². The number of morpholine rings is 1. The number of aromatic nitrogens is 3. The van der Waals surface area contributed by atoms with Gasteiger partial charge in [-0.2, -0.15) is 0 Å². The summed E-state index contributed by atoms with van der Waals surface area (Å²) in [7, 11) is 0. The summed E-state index contributed by atoms with van der Waals surface area (Å²) in [5, 5.41) is 3.72. The van der Waals surface area contributed by atoms with Crippen LogP contribution >= 0.6 is 0 Å². The lowest BCUT2D eigenvalue weighted by molar-refractivity contribution is 0.0384. The Labute approximate surface area is 159 Å². The fraction of sp³-hybridized carbons (Fsp3) is 0.429. The molecule has 27 heavy (non-hydrogen) atoms. The summed E-state index contributed by atoms with van der Waals surface area (Å²) in [4.78, 5) is 14.8. The molecule has 1 aromatic carbocycles. The number of nitrogens with zero attached hydrogens (tertiary/aromatic N) is 3. The van der Waals surface area contributed by atoms with Gasteiger partial charge in [0.05, 0.1) is 19.3 Å². The molecule has 0 aliphatic carbocycles. The monoisotopic (exact) mass is 363 g/mol. The number of pyridine rings is 1. The molecule has 6 heteroatoms. The second kappa shape index (κ2) is 6.94. The van der Waals surface area contributed by atoms with Crippen LogP contribution in [-0.2, 0) is 17.6 Å². The van der Waals surface area contributed by atoms with Crippen molar-refractivity contribution in [3.8, 4) is 0 Å². The lowest BCUT2D eigenvalue weighted by Gasteiger charge is -2.26. The maximum absolute atomic E-state index is 5.43. The summed E-state index contributed by atoms with van der Waals surface area (Å²) < 4.78 is 5.43. The van der Waals surface area contributed by atoms with Gasteiger partial charge >= 0.3 is 0 Å². The zero-order valence-electron chi connectivity index (χ0n) is 15.7. The third-order valence-electron chi connectivity index (χ3n) is 5.66. The van der Waals surface area contributed by atoms with Crippen molar-refractivity contribution in [3.05, 3.63) is 53.0 Å². The number of ether oxygens (including phenoxy) is 1. The fourth-order valence-corrected chi connectivity index (χ4v) is 4.18. The number of hydrogen-bond donors (Lipinski definition) is 2. The van der Waals surface area contributed by atoms with Crippen molar-refractivity contribution in [3.63, 3.8) is 0 Å². The van der Waals surface area contributed by atoms with Gasteiger partial charge in [-0.05, 0) is 43.0 Å². The van der Waals surface area contributed by atoms with Gasteiger partial charge in [-0.25, -0.2) is 9.97 Å². The molecule has 2 N–H and O–H groups in total. The van der Waals surface area contributed by atoms with Gasteiger partial charge in [0.25, 0.3) is 0 Å². The molecule has 1 saturated heterocycles. The SMILES string of the molecule is Cc1nc2c(C3Cc4ccc(CCN5CCOCC5)cc4N3)ccnc2[nH]1. The zero-order valence-corrected chi connectivity index (χ0v) is 15.7. The van der Waals surface area contributed by atoms with Crippen molar-refractivity contribution in [2.24, 2.45) is 0 Å².